The molecule has 0 amide bonds. The minimum atomic E-state index is -0.750. The van der Waals surface area contributed by atoms with Gasteiger partial charge in [0.15, 0.2) is 0 Å². The SMILES string of the molecule is NC1(N)C=CC(c2ccccc2-c2ccccc2-c2ccccc2)=CC1. The van der Waals surface area contributed by atoms with Crippen molar-refractivity contribution >= 4 is 5.57 Å². The number of allylic oxidation sites excluding steroid dienone is 2. The van der Waals surface area contributed by atoms with E-state index in [1.54, 1.807) is 0 Å². The first kappa shape index (κ1) is 16.5. The third-order valence-electron chi connectivity index (χ3n) is 4.79. The summed E-state index contributed by atoms with van der Waals surface area (Å²) in [5.74, 6) is 0. The molecular formula is C24H22N2. The van der Waals surface area contributed by atoms with Crippen molar-refractivity contribution in [3.8, 4) is 22.3 Å². The van der Waals surface area contributed by atoms with Crippen LogP contribution >= 0.6 is 0 Å². The topological polar surface area (TPSA) is 52.0 Å². The van der Waals surface area contributed by atoms with Crippen molar-refractivity contribution in [1.29, 1.82) is 0 Å². The Bertz CT molecular complexity index is 982. The van der Waals surface area contributed by atoms with Crippen molar-refractivity contribution in [3.63, 3.8) is 0 Å². The fraction of sp³-hybridized carbons (Fsp3) is 0.0833. The standard InChI is InChI=1S/C24H22N2/c25-24(26)16-14-19(15-17-24)21-11-5-7-13-23(21)22-12-6-4-10-20(22)18-8-2-1-3-9-18/h1-16H,17,25-26H2. The van der Waals surface area contributed by atoms with E-state index in [1.165, 1.54) is 27.8 Å². The number of rotatable bonds is 3. The summed E-state index contributed by atoms with van der Waals surface area (Å²) in [5, 5.41) is 0. The van der Waals surface area contributed by atoms with Crippen LogP contribution in [0.15, 0.2) is 97.1 Å². The fourth-order valence-electron chi connectivity index (χ4n) is 3.42. The Hall–Kier alpha value is -2.94. The van der Waals surface area contributed by atoms with Gasteiger partial charge in [-0.2, -0.15) is 0 Å². The van der Waals surface area contributed by atoms with E-state index in [0.29, 0.717) is 6.42 Å². The molecule has 4 rings (SSSR count). The molecule has 1 aliphatic carbocycles. The van der Waals surface area contributed by atoms with Gasteiger partial charge in [0.2, 0.25) is 0 Å². The fourth-order valence-corrected chi connectivity index (χ4v) is 3.42. The molecule has 0 spiro atoms. The van der Waals surface area contributed by atoms with Crippen LogP contribution in [0.1, 0.15) is 12.0 Å². The Balaban J connectivity index is 1.85. The quantitative estimate of drug-likeness (QED) is 0.662. The van der Waals surface area contributed by atoms with Gasteiger partial charge < -0.3 is 11.5 Å². The molecule has 0 bridgehead atoms. The van der Waals surface area contributed by atoms with Gasteiger partial charge in [-0.05, 0) is 39.5 Å². The summed E-state index contributed by atoms with van der Waals surface area (Å²) in [7, 11) is 0. The molecular weight excluding hydrogens is 316 g/mol. The summed E-state index contributed by atoms with van der Waals surface area (Å²) >= 11 is 0. The van der Waals surface area contributed by atoms with Crippen molar-refractivity contribution in [2.24, 2.45) is 11.5 Å². The van der Waals surface area contributed by atoms with Gasteiger partial charge in [-0.25, -0.2) is 0 Å². The van der Waals surface area contributed by atoms with Crippen LogP contribution in [0.25, 0.3) is 27.8 Å². The largest absolute Gasteiger partial charge is 0.310 e. The molecule has 0 fully saturated rings. The van der Waals surface area contributed by atoms with Gasteiger partial charge in [0.25, 0.3) is 0 Å². The van der Waals surface area contributed by atoms with Crippen molar-refractivity contribution < 1.29 is 0 Å². The first-order chi connectivity index (χ1) is 12.6. The molecule has 1 aliphatic rings. The van der Waals surface area contributed by atoms with Gasteiger partial charge in [0.1, 0.15) is 0 Å². The van der Waals surface area contributed by atoms with Gasteiger partial charge in [-0.15, -0.1) is 0 Å². The van der Waals surface area contributed by atoms with Gasteiger partial charge in [0.05, 0.1) is 5.66 Å². The van der Waals surface area contributed by atoms with E-state index in [0.717, 1.165) is 5.57 Å². The zero-order valence-electron chi connectivity index (χ0n) is 14.6. The second-order valence-corrected chi connectivity index (χ2v) is 6.77. The van der Waals surface area contributed by atoms with Crippen LogP contribution in [0.2, 0.25) is 0 Å². The predicted molar refractivity (Wildman–Crippen MR) is 110 cm³/mol. The minimum Gasteiger partial charge on any atom is -0.310 e. The summed E-state index contributed by atoms with van der Waals surface area (Å²) < 4.78 is 0. The normalized spacial score (nSPS) is 15.5. The second-order valence-electron chi connectivity index (χ2n) is 6.77. The molecule has 26 heavy (non-hydrogen) atoms. The van der Waals surface area contributed by atoms with Gasteiger partial charge in [-0.3, -0.25) is 0 Å². The summed E-state index contributed by atoms with van der Waals surface area (Å²) in [6.45, 7) is 0. The molecule has 0 heterocycles. The third kappa shape index (κ3) is 3.25. The van der Waals surface area contributed by atoms with E-state index < -0.39 is 5.66 Å². The maximum atomic E-state index is 6.01. The molecule has 128 valence electrons. The summed E-state index contributed by atoms with van der Waals surface area (Å²) in [4.78, 5) is 0. The van der Waals surface area contributed by atoms with Crippen LogP contribution in [0.4, 0.5) is 0 Å². The van der Waals surface area contributed by atoms with E-state index >= 15 is 0 Å². The Morgan fingerprint density at radius 3 is 1.77 bits per heavy atom. The average molecular weight is 338 g/mol. The molecule has 3 aromatic carbocycles. The Morgan fingerprint density at radius 2 is 1.15 bits per heavy atom. The highest BCUT2D eigenvalue weighted by molar-refractivity contribution is 5.92. The lowest BCUT2D eigenvalue weighted by Gasteiger charge is -2.24. The van der Waals surface area contributed by atoms with Crippen LogP contribution in [-0.2, 0) is 0 Å². The number of hydrogen-bond acceptors (Lipinski definition) is 2. The van der Waals surface area contributed by atoms with E-state index in [-0.39, 0.29) is 0 Å². The van der Waals surface area contributed by atoms with Crippen molar-refractivity contribution in [2.45, 2.75) is 12.1 Å². The maximum absolute atomic E-state index is 6.01. The monoisotopic (exact) mass is 338 g/mol. The smallest absolute Gasteiger partial charge is 0.0867 e. The van der Waals surface area contributed by atoms with Crippen LogP contribution in [-0.4, -0.2) is 5.66 Å². The van der Waals surface area contributed by atoms with Gasteiger partial charge >= 0.3 is 0 Å². The lowest BCUT2D eigenvalue weighted by molar-refractivity contribution is 0.559. The molecule has 2 heteroatoms. The number of nitrogens with two attached hydrogens (primary N) is 2. The average Bonchev–Trinajstić information content (AvgIpc) is 2.69. The van der Waals surface area contributed by atoms with E-state index in [9.17, 15) is 0 Å². The zero-order valence-corrected chi connectivity index (χ0v) is 14.6. The maximum Gasteiger partial charge on any atom is 0.0867 e. The predicted octanol–water partition coefficient (Wildman–Crippen LogP) is 4.98. The van der Waals surface area contributed by atoms with E-state index in [4.69, 9.17) is 11.5 Å². The Labute approximate surface area is 154 Å². The molecule has 0 radical (unpaired) electrons. The van der Waals surface area contributed by atoms with Gasteiger partial charge in [0, 0.05) is 6.42 Å². The molecule has 2 nitrogen and oxygen atoms in total. The van der Waals surface area contributed by atoms with E-state index in [1.807, 2.05) is 18.2 Å². The summed E-state index contributed by atoms with van der Waals surface area (Å²) in [6.07, 6.45) is 6.69. The van der Waals surface area contributed by atoms with Crippen molar-refractivity contribution in [1.82, 2.24) is 0 Å². The van der Waals surface area contributed by atoms with Gasteiger partial charge in [-0.1, -0.05) is 91.0 Å². The Kier molecular flexibility index (Phi) is 4.29. The highest BCUT2D eigenvalue weighted by Crippen LogP contribution is 2.37. The third-order valence-corrected chi connectivity index (χ3v) is 4.79. The summed E-state index contributed by atoms with van der Waals surface area (Å²) in [6, 6.07) is 27.5. The van der Waals surface area contributed by atoms with E-state index in [2.05, 4.69) is 78.9 Å². The van der Waals surface area contributed by atoms with Crippen LogP contribution in [0, 0.1) is 0 Å². The molecule has 0 saturated heterocycles. The zero-order chi connectivity index (χ0) is 18.0. The molecule has 3 aromatic rings. The van der Waals surface area contributed by atoms with Crippen LogP contribution < -0.4 is 11.5 Å². The minimum absolute atomic E-state index is 0.632. The Morgan fingerprint density at radius 1 is 0.615 bits per heavy atom. The molecule has 0 atom stereocenters. The van der Waals surface area contributed by atoms with Crippen LogP contribution in [0.3, 0.4) is 0 Å². The van der Waals surface area contributed by atoms with Crippen LogP contribution in [0.5, 0.6) is 0 Å². The molecule has 0 aliphatic heterocycles. The molecule has 0 saturated carbocycles. The molecule has 0 aromatic heterocycles. The number of hydrogen-bond donors (Lipinski definition) is 2. The highest BCUT2D eigenvalue weighted by atomic mass is 14.9. The van der Waals surface area contributed by atoms with Crippen molar-refractivity contribution in [3.05, 3.63) is 103 Å². The summed E-state index contributed by atoms with van der Waals surface area (Å²) in [5.41, 5.74) is 18.5. The highest BCUT2D eigenvalue weighted by Gasteiger charge is 2.19. The lowest BCUT2D eigenvalue weighted by Crippen LogP contribution is -2.47. The lowest BCUT2D eigenvalue weighted by atomic mass is 9.87. The van der Waals surface area contributed by atoms with Crippen molar-refractivity contribution in [2.75, 3.05) is 0 Å². The molecule has 4 N–H and O–H groups in total. The second kappa shape index (κ2) is 6.75. The number of benzene rings is 3. The molecule has 0 unspecified atom stereocenters. The first-order valence-corrected chi connectivity index (χ1v) is 8.85. The first-order valence-electron chi connectivity index (χ1n) is 8.85.